The van der Waals surface area contributed by atoms with E-state index in [0.29, 0.717) is 12.1 Å². The van der Waals surface area contributed by atoms with E-state index in [1.165, 1.54) is 31.4 Å². The van der Waals surface area contributed by atoms with Gasteiger partial charge in [-0.2, -0.15) is 0 Å². The summed E-state index contributed by atoms with van der Waals surface area (Å²) in [7, 11) is 0. The lowest BCUT2D eigenvalue weighted by Crippen LogP contribution is -2.52. The molecule has 104 valence electrons. The Kier molecular flexibility index (Phi) is 3.92. The van der Waals surface area contributed by atoms with Crippen LogP contribution >= 0.6 is 0 Å². The van der Waals surface area contributed by atoms with Crippen LogP contribution in [0.2, 0.25) is 0 Å². The summed E-state index contributed by atoms with van der Waals surface area (Å²) in [6.45, 7) is 4.59. The van der Waals surface area contributed by atoms with Crippen LogP contribution in [0.25, 0.3) is 0 Å². The third kappa shape index (κ3) is 2.71. The number of morpholine rings is 1. The maximum Gasteiger partial charge on any atom is 0.121 e. The van der Waals surface area contributed by atoms with Gasteiger partial charge in [-0.3, -0.25) is 0 Å². The van der Waals surface area contributed by atoms with Gasteiger partial charge in [0.25, 0.3) is 0 Å². The lowest BCUT2D eigenvalue weighted by Gasteiger charge is -2.45. The summed E-state index contributed by atoms with van der Waals surface area (Å²) < 4.78 is 11.6. The minimum atomic E-state index is 0.429. The molecule has 3 heteroatoms. The number of rotatable bonds is 3. The minimum absolute atomic E-state index is 0.429. The monoisotopic (exact) mass is 261 g/mol. The van der Waals surface area contributed by atoms with E-state index in [0.717, 1.165) is 25.5 Å². The Morgan fingerprint density at radius 2 is 2.21 bits per heavy atom. The van der Waals surface area contributed by atoms with Gasteiger partial charge >= 0.3 is 0 Å². The van der Waals surface area contributed by atoms with Crippen LogP contribution < -0.4 is 9.64 Å². The third-order valence-corrected chi connectivity index (χ3v) is 4.19. The van der Waals surface area contributed by atoms with Crippen molar-refractivity contribution in [1.29, 1.82) is 0 Å². The van der Waals surface area contributed by atoms with E-state index >= 15 is 0 Å². The molecule has 2 aliphatic rings. The predicted molar refractivity (Wildman–Crippen MR) is 77.0 cm³/mol. The average molecular weight is 261 g/mol. The zero-order valence-electron chi connectivity index (χ0n) is 11.7. The highest BCUT2D eigenvalue weighted by atomic mass is 16.5. The van der Waals surface area contributed by atoms with Crippen LogP contribution in [0.3, 0.4) is 0 Å². The summed E-state index contributed by atoms with van der Waals surface area (Å²) in [6.07, 6.45) is 5.54. The highest BCUT2D eigenvalue weighted by Gasteiger charge is 2.34. The maximum absolute atomic E-state index is 5.94. The van der Waals surface area contributed by atoms with E-state index < -0.39 is 0 Å². The second kappa shape index (κ2) is 5.83. The van der Waals surface area contributed by atoms with Crippen LogP contribution in [0, 0.1) is 0 Å². The molecule has 1 aliphatic heterocycles. The van der Waals surface area contributed by atoms with E-state index in [1.54, 1.807) is 0 Å². The number of fused-ring (bicyclic) bond motifs is 1. The molecule has 3 nitrogen and oxygen atoms in total. The highest BCUT2D eigenvalue weighted by molar-refractivity contribution is 5.52. The fourth-order valence-electron chi connectivity index (χ4n) is 3.34. The molecule has 2 atom stereocenters. The largest absolute Gasteiger partial charge is 0.494 e. The van der Waals surface area contributed by atoms with Crippen molar-refractivity contribution in [2.24, 2.45) is 0 Å². The summed E-state index contributed by atoms with van der Waals surface area (Å²) >= 11 is 0. The zero-order valence-corrected chi connectivity index (χ0v) is 11.7. The van der Waals surface area contributed by atoms with Crippen LogP contribution in [0.1, 0.15) is 32.6 Å². The SMILES string of the molecule is CCOc1cccc(N2CCOC3CCCCC32)c1. The second-order valence-electron chi connectivity index (χ2n) is 5.38. The predicted octanol–water partition coefficient (Wildman–Crippen LogP) is 3.23. The summed E-state index contributed by atoms with van der Waals surface area (Å²) in [5, 5.41) is 0. The van der Waals surface area contributed by atoms with E-state index in [4.69, 9.17) is 9.47 Å². The second-order valence-corrected chi connectivity index (χ2v) is 5.38. The van der Waals surface area contributed by atoms with E-state index in [2.05, 4.69) is 23.1 Å². The molecule has 19 heavy (non-hydrogen) atoms. The molecular weight excluding hydrogens is 238 g/mol. The Bertz CT molecular complexity index is 419. The van der Waals surface area contributed by atoms with Crippen LogP contribution in [-0.2, 0) is 4.74 Å². The Labute approximate surface area is 115 Å². The fourth-order valence-corrected chi connectivity index (χ4v) is 3.34. The molecule has 2 fully saturated rings. The van der Waals surface area contributed by atoms with Crippen molar-refractivity contribution in [3.63, 3.8) is 0 Å². The Balaban J connectivity index is 1.81. The molecule has 3 rings (SSSR count). The number of anilines is 1. The molecule has 1 heterocycles. The van der Waals surface area contributed by atoms with E-state index in [-0.39, 0.29) is 0 Å². The molecule has 1 saturated heterocycles. The smallest absolute Gasteiger partial charge is 0.121 e. The molecule has 1 saturated carbocycles. The van der Waals surface area contributed by atoms with E-state index in [9.17, 15) is 0 Å². The lowest BCUT2D eigenvalue weighted by atomic mass is 9.90. The Morgan fingerprint density at radius 1 is 1.32 bits per heavy atom. The minimum Gasteiger partial charge on any atom is -0.494 e. The Hall–Kier alpha value is -1.22. The Morgan fingerprint density at radius 3 is 3.11 bits per heavy atom. The number of benzene rings is 1. The van der Waals surface area contributed by atoms with Gasteiger partial charge in [0.05, 0.1) is 25.4 Å². The maximum atomic E-state index is 5.94. The zero-order chi connectivity index (χ0) is 13.1. The van der Waals surface area contributed by atoms with Crippen LogP contribution in [0.4, 0.5) is 5.69 Å². The standard InChI is InChI=1S/C16H23NO2/c1-2-18-14-7-5-6-13(12-14)17-10-11-19-16-9-4-3-8-15(16)17/h5-7,12,15-16H,2-4,8-11H2,1H3. The van der Waals surface area contributed by atoms with Gasteiger partial charge in [0.1, 0.15) is 5.75 Å². The van der Waals surface area contributed by atoms with Crippen molar-refractivity contribution in [1.82, 2.24) is 0 Å². The van der Waals surface area contributed by atoms with Crippen molar-refractivity contribution in [3.8, 4) is 5.75 Å². The molecule has 2 unspecified atom stereocenters. The third-order valence-electron chi connectivity index (χ3n) is 4.19. The van der Waals surface area contributed by atoms with Crippen molar-refractivity contribution >= 4 is 5.69 Å². The quantitative estimate of drug-likeness (QED) is 0.834. The summed E-state index contributed by atoms with van der Waals surface area (Å²) in [4.78, 5) is 2.52. The number of hydrogen-bond donors (Lipinski definition) is 0. The number of ether oxygens (including phenoxy) is 2. The fraction of sp³-hybridized carbons (Fsp3) is 0.625. The number of nitrogens with zero attached hydrogens (tertiary/aromatic N) is 1. The topological polar surface area (TPSA) is 21.7 Å². The summed E-state index contributed by atoms with van der Waals surface area (Å²) in [6, 6.07) is 9.04. The lowest BCUT2D eigenvalue weighted by molar-refractivity contribution is -0.00869. The van der Waals surface area contributed by atoms with Crippen LogP contribution in [-0.4, -0.2) is 31.9 Å². The molecule has 0 amide bonds. The molecule has 1 aromatic rings. The van der Waals surface area contributed by atoms with Crippen molar-refractivity contribution < 1.29 is 9.47 Å². The van der Waals surface area contributed by atoms with E-state index in [1.807, 2.05) is 13.0 Å². The van der Waals surface area contributed by atoms with Gasteiger partial charge in [-0.05, 0) is 31.9 Å². The molecule has 1 aliphatic carbocycles. The molecule has 0 aromatic heterocycles. The number of hydrogen-bond acceptors (Lipinski definition) is 3. The first-order valence-corrected chi connectivity index (χ1v) is 7.49. The molecular formula is C16H23NO2. The van der Waals surface area contributed by atoms with Crippen molar-refractivity contribution in [2.45, 2.75) is 44.8 Å². The summed E-state index contributed by atoms with van der Waals surface area (Å²) in [5.74, 6) is 0.971. The molecule has 0 spiro atoms. The van der Waals surface area contributed by atoms with Gasteiger partial charge in [-0.1, -0.05) is 18.9 Å². The average Bonchev–Trinajstić information content (AvgIpc) is 2.47. The van der Waals surface area contributed by atoms with Gasteiger partial charge in [-0.25, -0.2) is 0 Å². The summed E-state index contributed by atoms with van der Waals surface area (Å²) in [5.41, 5.74) is 1.28. The molecule has 0 N–H and O–H groups in total. The van der Waals surface area contributed by atoms with Crippen molar-refractivity contribution in [2.75, 3.05) is 24.7 Å². The van der Waals surface area contributed by atoms with Gasteiger partial charge in [0.15, 0.2) is 0 Å². The first-order chi connectivity index (χ1) is 9.38. The van der Waals surface area contributed by atoms with Gasteiger partial charge in [-0.15, -0.1) is 0 Å². The van der Waals surface area contributed by atoms with Crippen molar-refractivity contribution in [3.05, 3.63) is 24.3 Å². The normalized spacial score (nSPS) is 26.9. The highest BCUT2D eigenvalue weighted by Crippen LogP contribution is 2.33. The molecule has 1 aromatic carbocycles. The first-order valence-electron chi connectivity index (χ1n) is 7.49. The van der Waals surface area contributed by atoms with Gasteiger partial charge < -0.3 is 14.4 Å². The van der Waals surface area contributed by atoms with Crippen LogP contribution in [0.15, 0.2) is 24.3 Å². The molecule has 0 radical (unpaired) electrons. The molecule has 0 bridgehead atoms. The van der Waals surface area contributed by atoms with Gasteiger partial charge in [0.2, 0.25) is 0 Å². The van der Waals surface area contributed by atoms with Crippen LogP contribution in [0.5, 0.6) is 5.75 Å². The first kappa shape index (κ1) is 12.8. The van der Waals surface area contributed by atoms with Gasteiger partial charge in [0, 0.05) is 18.3 Å².